The van der Waals surface area contributed by atoms with Crippen molar-refractivity contribution < 1.29 is 20.1 Å². The van der Waals surface area contributed by atoms with Crippen LogP contribution in [-0.4, -0.2) is 4.98 Å². The van der Waals surface area contributed by atoms with E-state index in [1.165, 1.54) is 5.56 Å². The van der Waals surface area contributed by atoms with Crippen LogP contribution in [0.25, 0.3) is 16.8 Å². The van der Waals surface area contributed by atoms with E-state index in [9.17, 15) is 0 Å². The largest absolute Gasteiger partial charge is 0.305 e. The topological polar surface area (TPSA) is 12.9 Å². The van der Waals surface area contributed by atoms with E-state index < -0.39 is 0 Å². The predicted octanol–water partition coefficient (Wildman–Crippen LogP) is 5.04. The average Bonchev–Trinajstić information content (AvgIpc) is 2.46. The third-order valence-corrected chi connectivity index (χ3v) is 3.32. The Morgan fingerprint density at radius 2 is 1.95 bits per heavy atom. The van der Waals surface area contributed by atoms with Gasteiger partial charge >= 0.3 is 0 Å². The Kier molecular flexibility index (Phi) is 5.83. The molecule has 0 saturated carbocycles. The fraction of sp³-hybridized carbons (Fsp3) is 0.211. The van der Waals surface area contributed by atoms with Crippen molar-refractivity contribution in [2.75, 3.05) is 0 Å². The first kappa shape index (κ1) is 17.6. The van der Waals surface area contributed by atoms with Crippen molar-refractivity contribution in [2.45, 2.75) is 26.2 Å². The molecule has 0 saturated heterocycles. The first-order valence-electron chi connectivity index (χ1n) is 6.72. The van der Waals surface area contributed by atoms with Crippen LogP contribution in [0.3, 0.4) is 0 Å². The number of aromatic nitrogens is 1. The second kappa shape index (κ2) is 6.97. The molecule has 1 heterocycles. The van der Waals surface area contributed by atoms with Gasteiger partial charge in [0, 0.05) is 26.3 Å². The van der Waals surface area contributed by atoms with Crippen molar-refractivity contribution in [2.24, 2.45) is 0 Å². The van der Waals surface area contributed by atoms with Crippen LogP contribution < -0.4 is 0 Å². The Morgan fingerprint density at radius 3 is 2.57 bits per heavy atom. The van der Waals surface area contributed by atoms with Crippen LogP contribution >= 0.6 is 0 Å². The maximum atomic E-state index is 4.46. The summed E-state index contributed by atoms with van der Waals surface area (Å²) in [5.74, 6) is 0. The smallest absolute Gasteiger partial charge is 0.0163 e. The minimum atomic E-state index is 0. The van der Waals surface area contributed by atoms with E-state index in [0.29, 0.717) is 0 Å². The van der Waals surface area contributed by atoms with Gasteiger partial charge in [0.15, 0.2) is 0 Å². The van der Waals surface area contributed by atoms with Crippen LogP contribution in [0, 0.1) is 6.07 Å². The van der Waals surface area contributed by atoms with E-state index >= 15 is 0 Å². The maximum Gasteiger partial charge on any atom is 0.0163 e. The molecule has 1 aromatic carbocycles. The summed E-state index contributed by atoms with van der Waals surface area (Å²) in [6, 6.07) is 13.4. The molecule has 0 N–H and O–H groups in total. The molecular weight excluding hydrogens is 434 g/mol. The molecular formula is C19H20IrN-. The molecule has 1 radical (unpaired) electrons. The van der Waals surface area contributed by atoms with Gasteiger partial charge in [-0.1, -0.05) is 46.1 Å². The van der Waals surface area contributed by atoms with E-state index in [1.54, 1.807) is 6.08 Å². The summed E-state index contributed by atoms with van der Waals surface area (Å²) in [5, 5.41) is 0. The molecule has 0 amide bonds. The van der Waals surface area contributed by atoms with Crippen molar-refractivity contribution in [3.63, 3.8) is 0 Å². The van der Waals surface area contributed by atoms with Crippen LogP contribution in [0.1, 0.15) is 31.9 Å². The average molecular weight is 455 g/mol. The molecule has 0 aliphatic rings. The normalized spacial score (nSPS) is 10.6. The number of pyridine rings is 1. The molecule has 1 nitrogen and oxygen atoms in total. The number of rotatable bonds is 3. The van der Waals surface area contributed by atoms with E-state index in [-0.39, 0.29) is 25.5 Å². The number of benzene rings is 1. The summed E-state index contributed by atoms with van der Waals surface area (Å²) in [6.45, 7) is 14.3. The Balaban J connectivity index is 0.00000220. The summed E-state index contributed by atoms with van der Waals surface area (Å²) in [7, 11) is 0. The predicted molar refractivity (Wildman–Crippen MR) is 86.4 cm³/mol. The molecule has 0 fully saturated rings. The SMILES string of the molecule is C=CC(=C)c1cc[c-]c(-c2cc(C(C)(C)C)ccn2)c1.[Ir]. The summed E-state index contributed by atoms with van der Waals surface area (Å²) in [4.78, 5) is 4.46. The van der Waals surface area contributed by atoms with Gasteiger partial charge in [0.2, 0.25) is 0 Å². The molecule has 2 aromatic rings. The van der Waals surface area contributed by atoms with Gasteiger partial charge < -0.3 is 4.98 Å². The molecule has 111 valence electrons. The second-order valence-corrected chi connectivity index (χ2v) is 5.90. The fourth-order valence-electron chi connectivity index (χ4n) is 1.98. The number of hydrogen-bond donors (Lipinski definition) is 0. The molecule has 0 aliphatic heterocycles. The monoisotopic (exact) mass is 455 g/mol. The summed E-state index contributed by atoms with van der Waals surface area (Å²) < 4.78 is 0. The van der Waals surface area contributed by atoms with Crippen molar-refractivity contribution in [1.29, 1.82) is 0 Å². The fourth-order valence-corrected chi connectivity index (χ4v) is 1.98. The molecule has 0 spiro atoms. The molecule has 21 heavy (non-hydrogen) atoms. The number of nitrogens with zero attached hydrogens (tertiary/aromatic N) is 1. The molecule has 0 bridgehead atoms. The van der Waals surface area contributed by atoms with Gasteiger partial charge in [-0.2, -0.15) is 0 Å². The van der Waals surface area contributed by atoms with Gasteiger partial charge in [-0.15, -0.1) is 35.4 Å². The van der Waals surface area contributed by atoms with Crippen LogP contribution in [0.5, 0.6) is 0 Å². The van der Waals surface area contributed by atoms with Gasteiger partial charge in [-0.3, -0.25) is 0 Å². The molecule has 1 aromatic heterocycles. The minimum absolute atomic E-state index is 0. The Morgan fingerprint density at radius 1 is 1.24 bits per heavy atom. The zero-order valence-electron chi connectivity index (χ0n) is 12.7. The molecule has 0 atom stereocenters. The van der Waals surface area contributed by atoms with Crippen LogP contribution in [0.2, 0.25) is 0 Å². The Hall–Kier alpha value is -1.50. The van der Waals surface area contributed by atoms with Gasteiger partial charge in [-0.25, -0.2) is 0 Å². The van der Waals surface area contributed by atoms with E-state index in [0.717, 1.165) is 22.4 Å². The first-order chi connectivity index (χ1) is 9.41. The van der Waals surface area contributed by atoms with Crippen molar-refractivity contribution in [3.8, 4) is 11.3 Å². The summed E-state index contributed by atoms with van der Waals surface area (Å²) in [5.41, 5.74) is 5.26. The van der Waals surface area contributed by atoms with Gasteiger partial charge in [0.25, 0.3) is 0 Å². The third-order valence-electron chi connectivity index (χ3n) is 3.32. The van der Waals surface area contributed by atoms with E-state index in [2.05, 4.69) is 63.2 Å². The van der Waals surface area contributed by atoms with E-state index in [1.807, 2.05) is 18.3 Å². The quantitative estimate of drug-likeness (QED) is 0.468. The van der Waals surface area contributed by atoms with Crippen molar-refractivity contribution >= 4 is 5.57 Å². The first-order valence-corrected chi connectivity index (χ1v) is 6.72. The van der Waals surface area contributed by atoms with Crippen LogP contribution in [0.4, 0.5) is 0 Å². The second-order valence-electron chi connectivity index (χ2n) is 5.90. The number of allylic oxidation sites excluding steroid dienone is 2. The Labute approximate surface area is 141 Å². The summed E-state index contributed by atoms with van der Waals surface area (Å²) in [6.07, 6.45) is 3.62. The molecule has 2 heteroatoms. The molecule has 2 rings (SSSR count). The van der Waals surface area contributed by atoms with Gasteiger partial charge in [-0.05, 0) is 28.3 Å². The maximum absolute atomic E-state index is 4.46. The Bertz CT molecular complexity index is 651. The van der Waals surface area contributed by atoms with Crippen LogP contribution in [0.15, 0.2) is 55.8 Å². The van der Waals surface area contributed by atoms with Crippen LogP contribution in [-0.2, 0) is 25.5 Å². The zero-order chi connectivity index (χ0) is 14.8. The van der Waals surface area contributed by atoms with Crippen molar-refractivity contribution in [1.82, 2.24) is 4.98 Å². The van der Waals surface area contributed by atoms with Gasteiger partial charge in [0.05, 0.1) is 0 Å². The standard InChI is InChI=1S/C19H20N.Ir/c1-6-14(2)15-8-7-9-16(12-15)18-13-17(10-11-20-18)19(3,4)5;/h6-8,10-13H,1-2H2,3-5H3;/q-1;. The molecule has 0 aliphatic carbocycles. The zero-order valence-corrected chi connectivity index (χ0v) is 15.1. The third kappa shape index (κ3) is 4.23. The van der Waals surface area contributed by atoms with Gasteiger partial charge in [0.1, 0.15) is 0 Å². The summed E-state index contributed by atoms with van der Waals surface area (Å²) >= 11 is 0. The number of hydrogen-bond acceptors (Lipinski definition) is 1. The van der Waals surface area contributed by atoms with Crippen molar-refractivity contribution in [3.05, 3.63) is 73.0 Å². The minimum Gasteiger partial charge on any atom is -0.305 e. The molecule has 0 unspecified atom stereocenters. The van der Waals surface area contributed by atoms with E-state index in [4.69, 9.17) is 0 Å².